The first kappa shape index (κ1) is 22.7. The van der Waals surface area contributed by atoms with Gasteiger partial charge >= 0.3 is 0 Å². The van der Waals surface area contributed by atoms with E-state index in [1.54, 1.807) is 23.1 Å². The third kappa shape index (κ3) is 3.99. The van der Waals surface area contributed by atoms with Crippen LogP contribution in [0.3, 0.4) is 0 Å². The van der Waals surface area contributed by atoms with Crippen LogP contribution in [0.4, 0.5) is 8.78 Å². The lowest BCUT2D eigenvalue weighted by atomic mass is 9.84. The molecule has 0 spiro atoms. The van der Waals surface area contributed by atoms with Crippen molar-refractivity contribution in [1.82, 2.24) is 15.1 Å². The number of piperidine rings is 1. The van der Waals surface area contributed by atoms with E-state index < -0.39 is 17.2 Å². The minimum Gasteiger partial charge on any atom is -0.346 e. The molecular weight excluding hydrogens is 434 g/mol. The van der Waals surface area contributed by atoms with Gasteiger partial charge < -0.3 is 10.2 Å². The number of rotatable bonds is 3. The molecule has 5 nitrogen and oxygen atoms in total. The van der Waals surface area contributed by atoms with Gasteiger partial charge in [0.15, 0.2) is 5.96 Å². The quantitative estimate of drug-likeness (QED) is 0.695. The molecule has 4 rings (SSSR count). The van der Waals surface area contributed by atoms with Crippen LogP contribution in [0.25, 0.3) is 11.1 Å². The number of nitrogens with zero attached hydrogens (tertiary/aromatic N) is 2. The Morgan fingerprint density at radius 2 is 1.97 bits per heavy atom. The van der Waals surface area contributed by atoms with Crippen LogP contribution in [-0.4, -0.2) is 47.3 Å². The number of hydrogen-bond acceptors (Lipinski definition) is 3. The summed E-state index contributed by atoms with van der Waals surface area (Å²) in [6, 6.07) is 8.82. The third-order valence-electron chi connectivity index (χ3n) is 6.77. The van der Waals surface area contributed by atoms with Gasteiger partial charge in [-0.25, -0.2) is 8.78 Å². The van der Waals surface area contributed by atoms with Gasteiger partial charge in [0.25, 0.3) is 0 Å². The first-order valence-electron chi connectivity index (χ1n) is 10.7. The van der Waals surface area contributed by atoms with Crippen LogP contribution >= 0.6 is 11.6 Å². The monoisotopic (exact) mass is 460 g/mol. The zero-order valence-corrected chi connectivity index (χ0v) is 19.1. The second kappa shape index (κ2) is 8.45. The van der Waals surface area contributed by atoms with Crippen LogP contribution in [-0.2, 0) is 10.3 Å². The highest BCUT2D eigenvalue weighted by molar-refractivity contribution is 6.34. The second-order valence-corrected chi connectivity index (χ2v) is 9.42. The maximum atomic E-state index is 14.4. The van der Waals surface area contributed by atoms with Crippen LogP contribution < -0.4 is 5.32 Å². The number of halogens is 3. The molecule has 8 heteroatoms. The molecule has 0 aromatic heterocycles. The molecule has 0 aliphatic carbocycles. The Morgan fingerprint density at radius 1 is 1.22 bits per heavy atom. The summed E-state index contributed by atoms with van der Waals surface area (Å²) in [5, 5.41) is 12.1. The molecule has 170 valence electrons. The number of hydrogen-bond donors (Lipinski definition) is 2. The van der Waals surface area contributed by atoms with Gasteiger partial charge in [-0.1, -0.05) is 29.8 Å². The molecule has 0 unspecified atom stereocenters. The molecule has 2 heterocycles. The largest absolute Gasteiger partial charge is 0.346 e. The molecule has 0 saturated carbocycles. The summed E-state index contributed by atoms with van der Waals surface area (Å²) in [6.45, 7) is 4.82. The number of amides is 1. The van der Waals surface area contributed by atoms with Crippen molar-refractivity contribution in [3.8, 4) is 11.1 Å². The van der Waals surface area contributed by atoms with Gasteiger partial charge in [-0.2, -0.15) is 0 Å². The molecule has 2 aromatic carbocycles. The highest BCUT2D eigenvalue weighted by Crippen LogP contribution is 2.40. The number of nitrogens with one attached hydrogen (secondary N) is 2. The molecule has 2 fully saturated rings. The lowest BCUT2D eigenvalue weighted by Gasteiger charge is -2.47. The fraction of sp³-hybridized carbons (Fsp3) is 0.417. The summed E-state index contributed by atoms with van der Waals surface area (Å²) in [5.74, 6) is -1.45. The topological polar surface area (TPSA) is 59.4 Å². The van der Waals surface area contributed by atoms with Crippen LogP contribution in [0.2, 0.25) is 5.02 Å². The molecular formula is C24H27ClF2N4O. The maximum Gasteiger partial charge on any atom is 0.232 e. The molecule has 0 radical (unpaired) electrons. The van der Waals surface area contributed by atoms with Crippen LogP contribution in [0.5, 0.6) is 0 Å². The van der Waals surface area contributed by atoms with Gasteiger partial charge in [-0.15, -0.1) is 0 Å². The second-order valence-electron chi connectivity index (χ2n) is 9.05. The van der Waals surface area contributed by atoms with Crippen molar-refractivity contribution < 1.29 is 13.6 Å². The number of carbonyl (C=O) groups excluding carboxylic acids is 1. The van der Waals surface area contributed by atoms with Crippen molar-refractivity contribution in [3.63, 3.8) is 0 Å². The van der Waals surface area contributed by atoms with Crippen molar-refractivity contribution in [1.29, 1.82) is 5.41 Å². The summed E-state index contributed by atoms with van der Waals surface area (Å²) in [7, 11) is 2.07. The van der Waals surface area contributed by atoms with Crippen LogP contribution in [0, 0.1) is 17.0 Å². The number of carbonyl (C=O) groups is 1. The van der Waals surface area contributed by atoms with Crippen LogP contribution in [0.15, 0.2) is 36.4 Å². The van der Waals surface area contributed by atoms with Crippen molar-refractivity contribution in [2.45, 2.75) is 50.7 Å². The molecule has 2 saturated heterocycles. The highest BCUT2D eigenvalue weighted by Gasteiger charge is 2.44. The highest BCUT2D eigenvalue weighted by atomic mass is 35.5. The van der Waals surface area contributed by atoms with Crippen molar-refractivity contribution >= 4 is 23.5 Å². The van der Waals surface area contributed by atoms with E-state index in [9.17, 15) is 13.6 Å². The predicted octanol–water partition coefficient (Wildman–Crippen LogP) is 4.74. The van der Waals surface area contributed by atoms with Gasteiger partial charge in [-0.05, 0) is 51.4 Å². The van der Waals surface area contributed by atoms with Gasteiger partial charge in [0.05, 0.1) is 17.0 Å². The summed E-state index contributed by atoms with van der Waals surface area (Å²) in [6.07, 6.45) is 1.74. The molecule has 32 heavy (non-hydrogen) atoms. The van der Waals surface area contributed by atoms with E-state index in [1.807, 2.05) is 6.92 Å². The number of likely N-dealkylation sites (tertiary alicyclic amines) is 1. The number of guanidine groups is 1. The Morgan fingerprint density at radius 3 is 2.62 bits per heavy atom. The predicted molar refractivity (Wildman–Crippen MR) is 122 cm³/mol. The molecule has 1 amide bonds. The Balaban J connectivity index is 1.64. The minimum absolute atomic E-state index is 0.0200. The molecule has 2 aliphatic heterocycles. The summed E-state index contributed by atoms with van der Waals surface area (Å²) in [5.41, 5.74) is 0.261. The zero-order chi connectivity index (χ0) is 23.2. The Bertz CT molecular complexity index is 1060. The normalized spacial score (nSPS) is 26.9. The SMILES string of the molecule is C[C@H]1C[C@@H](N2C(=N)N[C@](C)(c3cccc(-c4ccc(F)cc4F)c3Cl)CC2=O)CCN1C. The zero-order valence-electron chi connectivity index (χ0n) is 18.4. The number of benzene rings is 2. The lowest BCUT2D eigenvalue weighted by molar-refractivity contribution is -0.133. The average Bonchev–Trinajstić information content (AvgIpc) is 2.70. The average molecular weight is 461 g/mol. The van der Waals surface area contributed by atoms with Crippen molar-refractivity contribution in [2.75, 3.05) is 13.6 Å². The molecule has 3 atom stereocenters. The Kier molecular flexibility index (Phi) is 5.98. The fourth-order valence-corrected chi connectivity index (χ4v) is 5.24. The van der Waals surface area contributed by atoms with E-state index in [0.717, 1.165) is 25.5 Å². The van der Waals surface area contributed by atoms with Crippen molar-refractivity contribution in [2.24, 2.45) is 0 Å². The molecule has 2 aromatic rings. The summed E-state index contributed by atoms with van der Waals surface area (Å²) in [4.78, 5) is 17.1. The van der Waals surface area contributed by atoms with Crippen molar-refractivity contribution in [3.05, 3.63) is 58.6 Å². The minimum atomic E-state index is -0.925. The van der Waals surface area contributed by atoms with Gasteiger partial charge in [0.2, 0.25) is 5.91 Å². The first-order chi connectivity index (χ1) is 15.1. The molecule has 0 bridgehead atoms. The summed E-state index contributed by atoms with van der Waals surface area (Å²) < 4.78 is 27.8. The molecule has 2 N–H and O–H groups in total. The standard InChI is InChI=1S/C24H27ClF2N4O/c1-14-11-16(9-10-30(14)3)31-21(32)13-24(2,29-23(31)28)19-6-4-5-18(22(19)25)17-8-7-15(26)12-20(17)27/h4-8,12,14,16H,9-11,13H2,1-3H3,(H2,28,29)/t14-,16-,24-/m0/s1. The third-order valence-corrected chi connectivity index (χ3v) is 7.18. The Labute approximate surface area is 191 Å². The smallest absolute Gasteiger partial charge is 0.232 e. The van der Waals surface area contributed by atoms with E-state index in [2.05, 4.69) is 24.2 Å². The van der Waals surface area contributed by atoms with E-state index in [1.165, 1.54) is 12.1 Å². The van der Waals surface area contributed by atoms with Gasteiger partial charge in [0.1, 0.15) is 11.6 Å². The van der Waals surface area contributed by atoms with Gasteiger partial charge in [0, 0.05) is 35.8 Å². The fourth-order valence-electron chi connectivity index (χ4n) is 4.80. The summed E-state index contributed by atoms with van der Waals surface area (Å²) >= 11 is 6.69. The van der Waals surface area contributed by atoms with E-state index in [4.69, 9.17) is 17.0 Å². The first-order valence-corrected chi connectivity index (χ1v) is 11.1. The van der Waals surface area contributed by atoms with Crippen LogP contribution in [0.1, 0.15) is 38.7 Å². The molecule has 2 aliphatic rings. The van der Waals surface area contributed by atoms with E-state index >= 15 is 0 Å². The van der Waals surface area contributed by atoms with E-state index in [-0.39, 0.29) is 34.9 Å². The Hall–Kier alpha value is -2.51. The van der Waals surface area contributed by atoms with Gasteiger partial charge in [-0.3, -0.25) is 15.1 Å². The van der Waals surface area contributed by atoms with E-state index in [0.29, 0.717) is 17.2 Å². The maximum absolute atomic E-state index is 14.4. The lowest BCUT2D eigenvalue weighted by Crippen LogP contribution is -2.63.